The molecule has 0 aliphatic heterocycles. The predicted molar refractivity (Wildman–Crippen MR) is 78.4 cm³/mol. The number of amides is 1. The molecule has 1 heterocycles. The van der Waals surface area contributed by atoms with Crippen LogP contribution in [-0.4, -0.2) is 38.5 Å². The Morgan fingerprint density at radius 3 is 2.77 bits per heavy atom. The van der Waals surface area contributed by atoms with Crippen molar-refractivity contribution in [1.29, 1.82) is 0 Å². The first-order chi connectivity index (χ1) is 10.5. The summed E-state index contributed by atoms with van der Waals surface area (Å²) in [5.74, 6) is -1.71. The van der Waals surface area contributed by atoms with Crippen LogP contribution in [0.15, 0.2) is 29.1 Å². The van der Waals surface area contributed by atoms with Crippen LogP contribution in [0.4, 0.5) is 0 Å². The van der Waals surface area contributed by atoms with Crippen molar-refractivity contribution in [3.63, 3.8) is 0 Å². The number of benzene rings is 1. The Hall–Kier alpha value is -2.77. The van der Waals surface area contributed by atoms with Gasteiger partial charge in [0.2, 0.25) is 5.91 Å². The Bertz CT molecular complexity index is 756. The van der Waals surface area contributed by atoms with Gasteiger partial charge in [-0.25, -0.2) is 0 Å². The van der Waals surface area contributed by atoms with Gasteiger partial charge >= 0.3 is 5.97 Å². The molecule has 116 valence electrons. The molecule has 2 rings (SSSR count). The first-order valence-corrected chi connectivity index (χ1v) is 6.88. The molecule has 2 aromatic rings. The lowest BCUT2D eigenvalue weighted by Gasteiger charge is -2.16. The van der Waals surface area contributed by atoms with Crippen LogP contribution in [0.5, 0.6) is 0 Å². The Morgan fingerprint density at radius 2 is 2.09 bits per heavy atom. The molecule has 1 aromatic heterocycles. The fourth-order valence-corrected chi connectivity index (χ4v) is 2.12. The average molecular weight is 304 g/mol. The monoisotopic (exact) mass is 304 g/mol. The second-order valence-corrected chi connectivity index (χ2v) is 4.77. The van der Waals surface area contributed by atoms with Crippen LogP contribution in [0.1, 0.15) is 25.8 Å². The van der Waals surface area contributed by atoms with E-state index in [1.165, 1.54) is 0 Å². The van der Waals surface area contributed by atoms with Crippen LogP contribution in [0.3, 0.4) is 0 Å². The maximum Gasteiger partial charge on any atom is 0.322 e. The number of aliphatic carboxylic acids is 1. The molecule has 1 aromatic carbocycles. The van der Waals surface area contributed by atoms with Crippen molar-refractivity contribution in [3.8, 4) is 0 Å². The van der Waals surface area contributed by atoms with E-state index in [0.29, 0.717) is 23.7 Å². The largest absolute Gasteiger partial charge is 0.480 e. The molecule has 22 heavy (non-hydrogen) atoms. The molecule has 1 atom stereocenters. The van der Waals surface area contributed by atoms with Crippen molar-refractivity contribution >= 4 is 22.8 Å². The molecule has 0 bridgehead atoms. The summed E-state index contributed by atoms with van der Waals surface area (Å²) in [6, 6.07) is 5.84. The number of carboxylic acid groups (broad SMARTS) is 1. The Labute approximate surface area is 125 Å². The molecule has 2 N–H and O–H groups in total. The summed E-state index contributed by atoms with van der Waals surface area (Å²) in [6.45, 7) is 1.35. The van der Waals surface area contributed by atoms with Gasteiger partial charge in [-0.2, -0.15) is 4.68 Å². The molecule has 0 aliphatic rings. The van der Waals surface area contributed by atoms with Crippen molar-refractivity contribution in [2.45, 2.75) is 25.8 Å². The molecular weight excluding hydrogens is 288 g/mol. The Kier molecular flexibility index (Phi) is 4.82. The van der Waals surface area contributed by atoms with Gasteiger partial charge in [-0.05, 0) is 18.6 Å². The van der Waals surface area contributed by atoms with E-state index in [9.17, 15) is 14.4 Å². The first kappa shape index (κ1) is 15.6. The summed E-state index contributed by atoms with van der Waals surface area (Å²) in [5.41, 5.74) is 0.0273. The SMILES string of the molecule is CCC[C@H](C(=O)NCC(=O)O)n1nnc2ccccc2c1=O. The molecular formula is C14H16N4O4. The summed E-state index contributed by atoms with van der Waals surface area (Å²) >= 11 is 0. The van der Waals surface area contributed by atoms with Gasteiger partial charge in [0.15, 0.2) is 0 Å². The van der Waals surface area contributed by atoms with E-state index in [4.69, 9.17) is 5.11 Å². The molecule has 0 saturated heterocycles. The summed E-state index contributed by atoms with van der Waals surface area (Å²) in [7, 11) is 0. The average Bonchev–Trinajstić information content (AvgIpc) is 2.51. The highest BCUT2D eigenvalue weighted by molar-refractivity contribution is 5.84. The minimum absolute atomic E-state index is 0.360. The minimum Gasteiger partial charge on any atom is -0.480 e. The van der Waals surface area contributed by atoms with Crippen LogP contribution in [-0.2, 0) is 9.59 Å². The van der Waals surface area contributed by atoms with E-state index in [1.54, 1.807) is 24.3 Å². The second kappa shape index (κ2) is 6.79. The van der Waals surface area contributed by atoms with E-state index in [1.807, 2.05) is 6.92 Å². The molecule has 0 saturated carbocycles. The number of hydrogen-bond donors (Lipinski definition) is 2. The highest BCUT2D eigenvalue weighted by Crippen LogP contribution is 2.12. The molecule has 1 amide bonds. The van der Waals surface area contributed by atoms with E-state index in [-0.39, 0.29) is 0 Å². The minimum atomic E-state index is -1.15. The predicted octanol–water partition coefficient (Wildman–Crippen LogP) is 0.333. The lowest BCUT2D eigenvalue weighted by Crippen LogP contribution is -2.40. The van der Waals surface area contributed by atoms with E-state index in [0.717, 1.165) is 4.68 Å². The fourth-order valence-electron chi connectivity index (χ4n) is 2.12. The van der Waals surface area contributed by atoms with Gasteiger partial charge < -0.3 is 10.4 Å². The number of fused-ring (bicyclic) bond motifs is 1. The molecule has 0 radical (unpaired) electrons. The maximum absolute atomic E-state index is 12.5. The number of nitrogens with zero attached hydrogens (tertiary/aromatic N) is 3. The van der Waals surface area contributed by atoms with E-state index < -0.39 is 30.0 Å². The number of rotatable bonds is 6. The van der Waals surface area contributed by atoms with Crippen molar-refractivity contribution in [2.24, 2.45) is 0 Å². The Balaban J connectivity index is 2.40. The van der Waals surface area contributed by atoms with Crippen LogP contribution in [0, 0.1) is 0 Å². The molecule has 0 unspecified atom stereocenters. The third-order valence-electron chi connectivity index (χ3n) is 3.17. The maximum atomic E-state index is 12.5. The Morgan fingerprint density at radius 1 is 1.36 bits per heavy atom. The quantitative estimate of drug-likeness (QED) is 0.795. The van der Waals surface area contributed by atoms with E-state index in [2.05, 4.69) is 15.6 Å². The summed E-state index contributed by atoms with van der Waals surface area (Å²) < 4.78 is 1.02. The van der Waals surface area contributed by atoms with Crippen molar-refractivity contribution in [1.82, 2.24) is 20.3 Å². The van der Waals surface area contributed by atoms with Gasteiger partial charge in [0, 0.05) is 0 Å². The zero-order valence-electron chi connectivity index (χ0n) is 12.0. The van der Waals surface area contributed by atoms with Crippen LogP contribution in [0.25, 0.3) is 10.9 Å². The third-order valence-corrected chi connectivity index (χ3v) is 3.17. The van der Waals surface area contributed by atoms with Gasteiger partial charge in [0.05, 0.1) is 5.39 Å². The molecule has 8 heteroatoms. The highest BCUT2D eigenvalue weighted by Gasteiger charge is 2.23. The molecule has 0 spiro atoms. The zero-order valence-corrected chi connectivity index (χ0v) is 12.0. The highest BCUT2D eigenvalue weighted by atomic mass is 16.4. The van der Waals surface area contributed by atoms with Gasteiger partial charge in [-0.15, -0.1) is 5.10 Å². The number of carboxylic acids is 1. The van der Waals surface area contributed by atoms with Crippen molar-refractivity contribution in [2.75, 3.05) is 6.54 Å². The van der Waals surface area contributed by atoms with Crippen molar-refractivity contribution < 1.29 is 14.7 Å². The lowest BCUT2D eigenvalue weighted by molar-refractivity contribution is -0.138. The van der Waals surface area contributed by atoms with Crippen LogP contribution < -0.4 is 10.9 Å². The van der Waals surface area contributed by atoms with Crippen LogP contribution >= 0.6 is 0 Å². The summed E-state index contributed by atoms with van der Waals surface area (Å²) in [5, 5.41) is 19.0. The second-order valence-electron chi connectivity index (χ2n) is 4.77. The van der Waals surface area contributed by atoms with Gasteiger partial charge in [-0.1, -0.05) is 30.7 Å². The third kappa shape index (κ3) is 3.27. The smallest absolute Gasteiger partial charge is 0.322 e. The number of carbonyl (C=O) groups is 2. The molecule has 0 aliphatic carbocycles. The van der Waals surface area contributed by atoms with Gasteiger partial charge in [0.25, 0.3) is 5.56 Å². The summed E-state index contributed by atoms with van der Waals surface area (Å²) in [6.07, 6.45) is 0.991. The van der Waals surface area contributed by atoms with Gasteiger partial charge in [0.1, 0.15) is 18.1 Å². The van der Waals surface area contributed by atoms with Crippen LogP contribution in [0.2, 0.25) is 0 Å². The van der Waals surface area contributed by atoms with E-state index >= 15 is 0 Å². The number of hydrogen-bond acceptors (Lipinski definition) is 5. The fraction of sp³-hybridized carbons (Fsp3) is 0.357. The lowest BCUT2D eigenvalue weighted by atomic mass is 10.1. The summed E-state index contributed by atoms with van der Waals surface area (Å²) in [4.78, 5) is 35.1. The molecule has 8 nitrogen and oxygen atoms in total. The zero-order chi connectivity index (χ0) is 16.1. The normalized spacial score (nSPS) is 12.0. The number of aromatic nitrogens is 3. The van der Waals surface area contributed by atoms with Crippen molar-refractivity contribution in [3.05, 3.63) is 34.6 Å². The number of carbonyl (C=O) groups excluding carboxylic acids is 1. The standard InChI is InChI=1S/C14H16N4O4/c1-2-5-11(13(21)15-8-12(19)20)18-14(22)9-6-3-4-7-10(9)16-17-18/h3-4,6-7,11H,2,5,8H2,1H3,(H,15,21)(H,19,20)/t11-/m1/s1. The topological polar surface area (TPSA) is 114 Å². The first-order valence-electron chi connectivity index (χ1n) is 6.88. The number of nitrogens with one attached hydrogen (secondary N) is 1. The van der Waals surface area contributed by atoms with Gasteiger partial charge in [-0.3, -0.25) is 14.4 Å². The molecule has 0 fully saturated rings.